The number of carbonyl (C=O) groups is 1. The number of nitrogens with one attached hydrogen (secondary N) is 1. The van der Waals surface area contributed by atoms with Crippen LogP contribution in [0.5, 0.6) is 0 Å². The molecule has 3 N–H and O–H groups in total. The van der Waals surface area contributed by atoms with Crippen molar-refractivity contribution in [1.29, 1.82) is 0 Å². The molecular weight excluding hydrogens is 280 g/mol. The van der Waals surface area contributed by atoms with Crippen molar-refractivity contribution in [2.45, 2.75) is 51.7 Å². The lowest BCUT2D eigenvalue weighted by Gasteiger charge is -2.36. The predicted molar refractivity (Wildman–Crippen MR) is 87.7 cm³/mol. The lowest BCUT2D eigenvalue weighted by molar-refractivity contribution is 0.0114. The van der Waals surface area contributed by atoms with Crippen molar-refractivity contribution in [3.8, 4) is 0 Å². The van der Waals surface area contributed by atoms with Gasteiger partial charge in [0.05, 0.1) is 6.04 Å². The minimum atomic E-state index is -0.470. The average Bonchev–Trinajstić information content (AvgIpc) is 2.44. The number of rotatable bonds is 3. The topological polar surface area (TPSA) is 80.5 Å². The predicted octanol–water partition coefficient (Wildman–Crippen LogP) is 2.87. The lowest BCUT2D eigenvalue weighted by Crippen LogP contribution is -2.48. The van der Waals surface area contributed by atoms with E-state index in [1.165, 1.54) is 0 Å². The molecule has 1 aliphatic rings. The number of amides is 1. The first-order valence-electron chi connectivity index (χ1n) is 7.81. The first kappa shape index (κ1) is 16.4. The number of piperidine rings is 1. The van der Waals surface area contributed by atoms with E-state index in [1.54, 1.807) is 6.07 Å². The van der Waals surface area contributed by atoms with Crippen LogP contribution in [0.4, 0.5) is 16.4 Å². The third-order valence-electron chi connectivity index (χ3n) is 3.54. The third-order valence-corrected chi connectivity index (χ3v) is 3.54. The number of hydrogen-bond donors (Lipinski definition) is 2. The van der Waals surface area contributed by atoms with Gasteiger partial charge in [-0.1, -0.05) is 6.07 Å². The van der Waals surface area contributed by atoms with Crippen molar-refractivity contribution < 1.29 is 9.53 Å². The molecular formula is C16H26N4O2. The van der Waals surface area contributed by atoms with Crippen molar-refractivity contribution in [3.05, 3.63) is 18.2 Å². The Morgan fingerprint density at radius 2 is 2.23 bits per heavy atom. The maximum absolute atomic E-state index is 12.3. The molecule has 0 spiro atoms. The molecule has 1 aromatic heterocycles. The summed E-state index contributed by atoms with van der Waals surface area (Å²) in [4.78, 5) is 18.4. The maximum Gasteiger partial charge on any atom is 0.410 e. The summed E-state index contributed by atoms with van der Waals surface area (Å²) in [5, 5.41) is 3.26. The highest BCUT2D eigenvalue weighted by atomic mass is 16.6. The highest BCUT2D eigenvalue weighted by molar-refractivity contribution is 5.68. The molecule has 1 aliphatic heterocycles. The number of likely N-dealkylation sites (tertiary alicyclic amines) is 1. The van der Waals surface area contributed by atoms with Crippen LogP contribution in [0.1, 0.15) is 40.0 Å². The number of nitrogens with zero attached hydrogens (tertiary/aromatic N) is 2. The van der Waals surface area contributed by atoms with E-state index in [0.717, 1.165) is 31.6 Å². The molecule has 2 rings (SSSR count). The SMILES string of the molecule is CC(C)(C)OC(=O)N1CCCCC1CNc1cccc(N)n1. The first-order valence-corrected chi connectivity index (χ1v) is 7.81. The number of carbonyl (C=O) groups excluding carboxylic acids is 1. The summed E-state index contributed by atoms with van der Waals surface area (Å²) in [6.45, 7) is 7.05. The van der Waals surface area contributed by atoms with Crippen molar-refractivity contribution in [3.63, 3.8) is 0 Å². The van der Waals surface area contributed by atoms with Crippen molar-refractivity contribution >= 4 is 17.7 Å². The van der Waals surface area contributed by atoms with E-state index < -0.39 is 5.60 Å². The number of anilines is 2. The summed E-state index contributed by atoms with van der Waals surface area (Å²) in [5.41, 5.74) is 5.21. The lowest BCUT2D eigenvalue weighted by atomic mass is 10.0. The fourth-order valence-corrected chi connectivity index (χ4v) is 2.55. The molecule has 0 bridgehead atoms. The van der Waals surface area contributed by atoms with Crippen LogP contribution in [0.2, 0.25) is 0 Å². The zero-order valence-electron chi connectivity index (χ0n) is 13.6. The minimum Gasteiger partial charge on any atom is -0.444 e. The van der Waals surface area contributed by atoms with Gasteiger partial charge >= 0.3 is 6.09 Å². The molecule has 6 nitrogen and oxygen atoms in total. The van der Waals surface area contributed by atoms with Crippen LogP contribution >= 0.6 is 0 Å². The monoisotopic (exact) mass is 306 g/mol. The average molecular weight is 306 g/mol. The fraction of sp³-hybridized carbons (Fsp3) is 0.625. The number of ether oxygens (including phenoxy) is 1. The Balaban J connectivity index is 1.96. The molecule has 2 heterocycles. The quantitative estimate of drug-likeness (QED) is 0.897. The molecule has 1 amide bonds. The zero-order chi connectivity index (χ0) is 16.2. The maximum atomic E-state index is 12.3. The van der Waals surface area contributed by atoms with E-state index in [1.807, 2.05) is 37.8 Å². The van der Waals surface area contributed by atoms with Crippen LogP contribution in [-0.4, -0.2) is 40.7 Å². The second kappa shape index (κ2) is 6.85. The van der Waals surface area contributed by atoms with Gasteiger partial charge in [0.1, 0.15) is 17.2 Å². The summed E-state index contributed by atoms with van der Waals surface area (Å²) >= 11 is 0. The van der Waals surface area contributed by atoms with Gasteiger partial charge in [0.25, 0.3) is 0 Å². The van der Waals surface area contributed by atoms with Crippen molar-refractivity contribution in [1.82, 2.24) is 9.88 Å². The number of hydrogen-bond acceptors (Lipinski definition) is 5. The van der Waals surface area contributed by atoms with Crippen LogP contribution in [0, 0.1) is 0 Å². The summed E-state index contributed by atoms with van der Waals surface area (Å²) in [7, 11) is 0. The molecule has 6 heteroatoms. The van der Waals surface area contributed by atoms with E-state index in [9.17, 15) is 4.79 Å². The highest BCUT2D eigenvalue weighted by Crippen LogP contribution is 2.21. The fourth-order valence-electron chi connectivity index (χ4n) is 2.55. The second-order valence-electron chi connectivity index (χ2n) is 6.65. The summed E-state index contributed by atoms with van der Waals surface area (Å²) in [6, 6.07) is 5.60. The van der Waals surface area contributed by atoms with Gasteiger partial charge in [-0.25, -0.2) is 9.78 Å². The van der Waals surface area contributed by atoms with E-state index in [4.69, 9.17) is 10.5 Å². The molecule has 0 aliphatic carbocycles. The van der Waals surface area contributed by atoms with Crippen LogP contribution < -0.4 is 11.1 Å². The largest absolute Gasteiger partial charge is 0.444 e. The van der Waals surface area contributed by atoms with Crippen LogP contribution in [0.25, 0.3) is 0 Å². The first-order chi connectivity index (χ1) is 10.3. The van der Waals surface area contributed by atoms with Gasteiger partial charge in [0.15, 0.2) is 0 Å². The second-order valence-corrected chi connectivity index (χ2v) is 6.65. The third kappa shape index (κ3) is 4.79. The van der Waals surface area contributed by atoms with Gasteiger partial charge in [0.2, 0.25) is 0 Å². The molecule has 1 saturated heterocycles. The molecule has 1 aromatic rings. The molecule has 122 valence electrons. The van der Waals surface area contributed by atoms with Gasteiger partial charge in [0, 0.05) is 13.1 Å². The van der Waals surface area contributed by atoms with Gasteiger partial charge in [-0.15, -0.1) is 0 Å². The molecule has 22 heavy (non-hydrogen) atoms. The van der Waals surface area contributed by atoms with E-state index >= 15 is 0 Å². The Bertz CT molecular complexity index is 513. The summed E-state index contributed by atoms with van der Waals surface area (Å²) in [5.74, 6) is 1.22. The molecule has 1 atom stereocenters. The van der Waals surface area contributed by atoms with Gasteiger partial charge in [-0.2, -0.15) is 0 Å². The summed E-state index contributed by atoms with van der Waals surface area (Å²) < 4.78 is 5.50. The Morgan fingerprint density at radius 3 is 2.91 bits per heavy atom. The molecule has 1 unspecified atom stereocenters. The molecule has 0 aromatic carbocycles. The molecule has 0 saturated carbocycles. The Kier molecular flexibility index (Phi) is 5.11. The van der Waals surface area contributed by atoms with Gasteiger partial charge < -0.3 is 20.7 Å². The minimum absolute atomic E-state index is 0.117. The normalized spacial score (nSPS) is 18.9. The number of nitrogen functional groups attached to an aromatic ring is 1. The Hall–Kier alpha value is -1.98. The Morgan fingerprint density at radius 1 is 1.45 bits per heavy atom. The summed E-state index contributed by atoms with van der Waals surface area (Å²) in [6.07, 6.45) is 2.87. The smallest absolute Gasteiger partial charge is 0.410 e. The van der Waals surface area contributed by atoms with Crippen molar-refractivity contribution in [2.75, 3.05) is 24.1 Å². The van der Waals surface area contributed by atoms with E-state index in [-0.39, 0.29) is 12.1 Å². The molecule has 1 fully saturated rings. The molecule has 0 radical (unpaired) electrons. The van der Waals surface area contributed by atoms with E-state index in [0.29, 0.717) is 12.4 Å². The standard InChI is InChI=1S/C16H26N4O2/c1-16(2,3)22-15(21)20-10-5-4-7-12(20)11-18-14-9-6-8-13(17)19-14/h6,8-9,12H,4-5,7,10-11H2,1-3H3,(H3,17,18,19). The van der Waals surface area contributed by atoms with Crippen LogP contribution in [-0.2, 0) is 4.74 Å². The number of nitrogens with two attached hydrogens (primary N) is 1. The van der Waals surface area contributed by atoms with E-state index in [2.05, 4.69) is 10.3 Å². The Labute approximate surface area is 132 Å². The zero-order valence-corrected chi connectivity index (χ0v) is 13.6. The number of pyridine rings is 1. The number of aromatic nitrogens is 1. The van der Waals surface area contributed by atoms with Crippen molar-refractivity contribution in [2.24, 2.45) is 0 Å². The van der Waals surface area contributed by atoms with Gasteiger partial charge in [-0.05, 0) is 52.2 Å². The van der Waals surface area contributed by atoms with Crippen LogP contribution in [0.15, 0.2) is 18.2 Å². The van der Waals surface area contributed by atoms with Crippen LogP contribution in [0.3, 0.4) is 0 Å². The highest BCUT2D eigenvalue weighted by Gasteiger charge is 2.30. The van der Waals surface area contributed by atoms with Gasteiger partial charge in [-0.3, -0.25) is 0 Å².